The summed E-state index contributed by atoms with van der Waals surface area (Å²) in [6, 6.07) is 3.16. The van der Waals surface area contributed by atoms with E-state index in [1.807, 2.05) is 0 Å². The Morgan fingerprint density at radius 3 is 2.43 bits per heavy atom. The van der Waals surface area contributed by atoms with E-state index in [0.717, 1.165) is 12.1 Å². The van der Waals surface area contributed by atoms with Crippen LogP contribution in [-0.4, -0.2) is 14.5 Å². The van der Waals surface area contributed by atoms with Gasteiger partial charge < -0.3 is 4.55 Å². The summed E-state index contributed by atoms with van der Waals surface area (Å²) < 4.78 is 33.7. The predicted octanol–water partition coefficient (Wildman–Crippen LogP) is -1.73. The van der Waals surface area contributed by atoms with E-state index in [2.05, 4.69) is 0 Å². The normalized spacial score (nSPS) is 11.6. The summed E-state index contributed by atoms with van der Waals surface area (Å²) in [6.07, 6.45) is 0. The third kappa shape index (κ3) is 3.25. The standard InChI is InChI=1S/C8H7FO3S.Na/c1-5(10)7-3-2-6(13(11)12)4-8(7)9;/h2-4H,1H3,(H,11,12);/q;+1/p-1. The van der Waals surface area contributed by atoms with Crippen molar-refractivity contribution in [3.8, 4) is 0 Å². The molecule has 0 aromatic heterocycles. The molecule has 0 aliphatic heterocycles. The van der Waals surface area contributed by atoms with Gasteiger partial charge in [-0.1, -0.05) is 0 Å². The molecular weight excluding hydrogens is 218 g/mol. The van der Waals surface area contributed by atoms with Crippen LogP contribution in [0.1, 0.15) is 17.3 Å². The summed E-state index contributed by atoms with van der Waals surface area (Å²) in [5, 5.41) is 0. The molecule has 14 heavy (non-hydrogen) atoms. The molecule has 0 N–H and O–H groups in total. The average molecular weight is 224 g/mol. The van der Waals surface area contributed by atoms with Crippen LogP contribution >= 0.6 is 0 Å². The van der Waals surface area contributed by atoms with Crippen molar-refractivity contribution in [2.45, 2.75) is 11.8 Å². The fourth-order valence-corrected chi connectivity index (χ4v) is 1.26. The molecular formula is C8H6FNaO3S. The maximum absolute atomic E-state index is 13.0. The minimum atomic E-state index is -2.46. The van der Waals surface area contributed by atoms with Gasteiger partial charge in [0.05, 0.1) is 5.56 Å². The fourth-order valence-electron chi connectivity index (χ4n) is 0.885. The van der Waals surface area contributed by atoms with Crippen LogP contribution in [0.5, 0.6) is 0 Å². The van der Waals surface area contributed by atoms with E-state index in [0.29, 0.717) is 0 Å². The first-order valence-electron chi connectivity index (χ1n) is 3.42. The van der Waals surface area contributed by atoms with Crippen LogP contribution in [-0.2, 0) is 11.1 Å². The summed E-state index contributed by atoms with van der Waals surface area (Å²) in [5.41, 5.74) is -0.103. The summed E-state index contributed by atoms with van der Waals surface area (Å²) in [6.45, 7) is 1.21. The van der Waals surface area contributed by atoms with Gasteiger partial charge in [-0.05, 0) is 36.2 Å². The molecule has 0 aliphatic rings. The Hall–Kier alpha value is -0.0700. The molecule has 1 rings (SSSR count). The molecule has 0 aliphatic carbocycles. The molecule has 0 heterocycles. The zero-order valence-corrected chi connectivity index (χ0v) is 10.6. The van der Waals surface area contributed by atoms with E-state index in [9.17, 15) is 17.9 Å². The van der Waals surface area contributed by atoms with Gasteiger partial charge in [-0.15, -0.1) is 0 Å². The Labute approximate surface area is 105 Å². The SMILES string of the molecule is CC(=O)c1ccc(S(=O)[O-])cc1F.[Na+]. The number of Topliss-reactive ketones (excluding diaryl/α,β-unsaturated/α-hetero) is 1. The van der Waals surface area contributed by atoms with Crippen LogP contribution in [0.4, 0.5) is 4.39 Å². The van der Waals surface area contributed by atoms with E-state index in [4.69, 9.17) is 0 Å². The number of ketones is 1. The molecule has 0 saturated carbocycles. The Bertz CT molecular complexity index is 381. The maximum Gasteiger partial charge on any atom is 1.00 e. The molecule has 70 valence electrons. The van der Waals surface area contributed by atoms with Crippen LogP contribution < -0.4 is 29.6 Å². The Kier molecular flexibility index (Phi) is 5.70. The number of carbonyl (C=O) groups excluding carboxylic acids is 1. The molecule has 0 fully saturated rings. The second-order valence-corrected chi connectivity index (χ2v) is 3.37. The van der Waals surface area contributed by atoms with Gasteiger partial charge in [0.15, 0.2) is 5.78 Å². The van der Waals surface area contributed by atoms with E-state index >= 15 is 0 Å². The average Bonchev–Trinajstić information content (AvgIpc) is 2.03. The molecule has 1 unspecified atom stereocenters. The van der Waals surface area contributed by atoms with Crippen molar-refractivity contribution in [3.63, 3.8) is 0 Å². The largest absolute Gasteiger partial charge is 1.00 e. The summed E-state index contributed by atoms with van der Waals surface area (Å²) in [7, 11) is 0. The van der Waals surface area contributed by atoms with Gasteiger partial charge >= 0.3 is 29.6 Å². The second kappa shape index (κ2) is 5.72. The maximum atomic E-state index is 13.0. The first-order valence-corrected chi connectivity index (χ1v) is 4.49. The predicted molar refractivity (Wildman–Crippen MR) is 43.6 cm³/mol. The van der Waals surface area contributed by atoms with Crippen molar-refractivity contribution >= 4 is 16.9 Å². The summed E-state index contributed by atoms with van der Waals surface area (Å²) in [5.74, 6) is -1.24. The molecule has 3 nitrogen and oxygen atoms in total. The van der Waals surface area contributed by atoms with Crippen LogP contribution in [0, 0.1) is 5.82 Å². The van der Waals surface area contributed by atoms with Gasteiger partial charge in [-0.25, -0.2) is 4.39 Å². The summed E-state index contributed by atoms with van der Waals surface area (Å²) >= 11 is -2.46. The number of rotatable bonds is 2. The monoisotopic (exact) mass is 224 g/mol. The van der Waals surface area contributed by atoms with Gasteiger partial charge in [-0.3, -0.25) is 9.00 Å². The molecule has 0 bridgehead atoms. The van der Waals surface area contributed by atoms with E-state index in [-0.39, 0.29) is 40.0 Å². The molecule has 1 aromatic rings. The smallest absolute Gasteiger partial charge is 0.768 e. The van der Waals surface area contributed by atoms with Crippen LogP contribution in [0.3, 0.4) is 0 Å². The van der Waals surface area contributed by atoms with Crippen LogP contribution in [0.25, 0.3) is 0 Å². The van der Waals surface area contributed by atoms with E-state index in [1.165, 1.54) is 13.0 Å². The number of benzene rings is 1. The van der Waals surface area contributed by atoms with Gasteiger partial charge in [-0.2, -0.15) is 0 Å². The van der Waals surface area contributed by atoms with Gasteiger partial charge in [0, 0.05) is 4.90 Å². The topological polar surface area (TPSA) is 57.2 Å². The molecule has 0 spiro atoms. The molecule has 0 radical (unpaired) electrons. The number of halogens is 1. The Balaban J connectivity index is 0.00000169. The number of carbonyl (C=O) groups is 1. The summed E-state index contributed by atoms with van der Waals surface area (Å²) in [4.78, 5) is 10.6. The quantitative estimate of drug-likeness (QED) is 0.341. The Morgan fingerprint density at radius 1 is 1.50 bits per heavy atom. The fraction of sp³-hybridized carbons (Fsp3) is 0.125. The molecule has 6 heteroatoms. The van der Waals surface area contributed by atoms with Crippen molar-refractivity contribution in [2.75, 3.05) is 0 Å². The molecule has 1 atom stereocenters. The Morgan fingerprint density at radius 2 is 2.07 bits per heavy atom. The van der Waals surface area contributed by atoms with Gasteiger partial charge in [0.25, 0.3) is 0 Å². The number of hydrogen-bond donors (Lipinski definition) is 0. The van der Waals surface area contributed by atoms with Crippen molar-refractivity contribution in [1.82, 2.24) is 0 Å². The van der Waals surface area contributed by atoms with Crippen molar-refractivity contribution in [3.05, 3.63) is 29.6 Å². The van der Waals surface area contributed by atoms with Crippen LogP contribution in [0.2, 0.25) is 0 Å². The van der Waals surface area contributed by atoms with Crippen LogP contribution in [0.15, 0.2) is 23.1 Å². The first-order chi connectivity index (χ1) is 6.02. The number of hydrogen-bond acceptors (Lipinski definition) is 3. The zero-order chi connectivity index (χ0) is 10.0. The minimum Gasteiger partial charge on any atom is -0.768 e. The van der Waals surface area contributed by atoms with Gasteiger partial charge in [0.2, 0.25) is 0 Å². The third-order valence-corrected chi connectivity index (χ3v) is 2.15. The zero-order valence-electron chi connectivity index (χ0n) is 7.74. The molecule has 0 amide bonds. The first kappa shape index (κ1) is 13.9. The van der Waals surface area contributed by atoms with Crippen molar-refractivity contribution in [1.29, 1.82) is 0 Å². The van der Waals surface area contributed by atoms with Crippen molar-refractivity contribution < 1.29 is 47.5 Å². The molecule has 0 saturated heterocycles. The van der Waals surface area contributed by atoms with E-state index < -0.39 is 22.7 Å². The second-order valence-electron chi connectivity index (χ2n) is 2.43. The van der Waals surface area contributed by atoms with E-state index in [1.54, 1.807) is 0 Å². The minimum absolute atomic E-state index is 0. The molecule has 1 aromatic carbocycles. The third-order valence-electron chi connectivity index (χ3n) is 1.51. The van der Waals surface area contributed by atoms with Gasteiger partial charge in [0.1, 0.15) is 5.82 Å². The van der Waals surface area contributed by atoms with Crippen molar-refractivity contribution in [2.24, 2.45) is 0 Å².